The van der Waals surface area contributed by atoms with Gasteiger partial charge in [-0.15, -0.1) is 0 Å². The summed E-state index contributed by atoms with van der Waals surface area (Å²) in [5.74, 6) is 0.967. The van der Waals surface area contributed by atoms with Crippen molar-refractivity contribution in [3.63, 3.8) is 0 Å². The smallest absolute Gasteiger partial charge is 0.240 e. The normalized spacial score (nSPS) is 18.5. The number of rotatable bonds is 6. The molecule has 2 N–H and O–H groups in total. The van der Waals surface area contributed by atoms with E-state index in [4.69, 9.17) is 16.3 Å². The van der Waals surface area contributed by atoms with Crippen LogP contribution in [0.4, 0.5) is 0 Å². The molecule has 0 saturated carbocycles. The summed E-state index contributed by atoms with van der Waals surface area (Å²) in [6.45, 7) is 2.41. The predicted octanol–water partition coefficient (Wildman–Crippen LogP) is 4.75. The summed E-state index contributed by atoms with van der Waals surface area (Å²) in [5, 5.41) is 11.8. The van der Waals surface area contributed by atoms with Crippen molar-refractivity contribution < 1.29 is 18.3 Å². The van der Waals surface area contributed by atoms with Crippen molar-refractivity contribution in [1.82, 2.24) is 14.6 Å². The molecule has 1 aromatic heterocycles. The molecule has 3 heterocycles. The number of fused-ring (bicyclic) bond motifs is 2. The van der Waals surface area contributed by atoms with Crippen LogP contribution in [0.25, 0.3) is 5.57 Å². The van der Waals surface area contributed by atoms with Gasteiger partial charge in [0.25, 0.3) is 0 Å². The average molecular weight is 540 g/mol. The number of aliphatic hydroxyl groups is 1. The van der Waals surface area contributed by atoms with Crippen molar-refractivity contribution in [2.45, 2.75) is 36.2 Å². The molecule has 2 aliphatic rings. The number of benzene rings is 2. The molecule has 0 amide bonds. The quantitative estimate of drug-likeness (QED) is 0.470. The van der Waals surface area contributed by atoms with E-state index < -0.39 is 15.6 Å². The standard InChI is InChI=1S/C28H30ClN3O4S/c1-30-37(34,35)26-8-2-7-25-24(26)19-20(23-6-3-15-31-27(23)36-25)5-4-16-32-17-13-28(33,14-18-32)21-9-11-22(29)12-10-21/h2-3,5-12,15,30,33H,4,13-14,16-19H2,1H3/b20-5-. The summed E-state index contributed by atoms with van der Waals surface area (Å²) in [7, 11) is -2.25. The van der Waals surface area contributed by atoms with Gasteiger partial charge in [-0.05, 0) is 73.8 Å². The highest BCUT2D eigenvalue weighted by atomic mass is 35.5. The van der Waals surface area contributed by atoms with E-state index in [0.717, 1.165) is 42.8 Å². The van der Waals surface area contributed by atoms with Gasteiger partial charge >= 0.3 is 0 Å². The number of allylic oxidation sites excluding steroid dienone is 1. The van der Waals surface area contributed by atoms with Crippen molar-refractivity contribution in [1.29, 1.82) is 0 Å². The number of ether oxygens (including phenoxy) is 1. The number of sulfonamides is 1. The molecule has 2 aromatic carbocycles. The first-order valence-corrected chi connectivity index (χ1v) is 14.2. The zero-order valence-electron chi connectivity index (χ0n) is 20.7. The molecule has 5 rings (SSSR count). The van der Waals surface area contributed by atoms with Crippen LogP contribution in [0.1, 0.15) is 36.0 Å². The zero-order valence-corrected chi connectivity index (χ0v) is 22.2. The third-order valence-corrected chi connectivity index (χ3v) is 8.99. The predicted molar refractivity (Wildman–Crippen MR) is 144 cm³/mol. The minimum absolute atomic E-state index is 0.212. The Balaban J connectivity index is 1.33. The number of hydrogen-bond donors (Lipinski definition) is 2. The minimum Gasteiger partial charge on any atom is -0.438 e. The van der Waals surface area contributed by atoms with Gasteiger partial charge < -0.3 is 14.7 Å². The maximum Gasteiger partial charge on any atom is 0.240 e. The van der Waals surface area contributed by atoms with E-state index >= 15 is 0 Å². The van der Waals surface area contributed by atoms with E-state index in [0.29, 0.717) is 41.5 Å². The Morgan fingerprint density at radius 3 is 2.62 bits per heavy atom. The molecule has 0 atom stereocenters. The first-order valence-electron chi connectivity index (χ1n) is 12.4. The van der Waals surface area contributed by atoms with E-state index in [9.17, 15) is 13.5 Å². The Kier molecular flexibility index (Phi) is 7.38. The van der Waals surface area contributed by atoms with Crippen molar-refractivity contribution in [3.8, 4) is 11.6 Å². The Morgan fingerprint density at radius 1 is 1.14 bits per heavy atom. The van der Waals surface area contributed by atoms with Gasteiger partial charge in [-0.3, -0.25) is 0 Å². The molecule has 7 nitrogen and oxygen atoms in total. The molecule has 3 aromatic rings. The number of aromatic nitrogens is 1. The molecule has 0 bridgehead atoms. The number of hydrogen-bond acceptors (Lipinski definition) is 6. The first-order chi connectivity index (χ1) is 17.8. The summed E-state index contributed by atoms with van der Waals surface area (Å²) < 4.78 is 34.0. The molecule has 194 valence electrons. The largest absolute Gasteiger partial charge is 0.438 e. The lowest BCUT2D eigenvalue weighted by Gasteiger charge is -2.38. The highest BCUT2D eigenvalue weighted by Crippen LogP contribution is 2.40. The Morgan fingerprint density at radius 2 is 1.89 bits per heavy atom. The summed E-state index contributed by atoms with van der Waals surface area (Å²) in [6.07, 6.45) is 6.34. The van der Waals surface area contributed by atoms with Crippen LogP contribution in [0.15, 0.2) is 71.8 Å². The van der Waals surface area contributed by atoms with Gasteiger partial charge in [0.2, 0.25) is 15.9 Å². The van der Waals surface area contributed by atoms with Gasteiger partial charge in [-0.25, -0.2) is 18.1 Å². The molecule has 0 spiro atoms. The molecular formula is C28H30ClN3O4S. The van der Waals surface area contributed by atoms with E-state index in [1.165, 1.54) is 7.05 Å². The van der Waals surface area contributed by atoms with Crippen molar-refractivity contribution in [2.75, 3.05) is 26.7 Å². The Hall–Kier alpha value is -2.75. The lowest BCUT2D eigenvalue weighted by Crippen LogP contribution is -2.42. The molecule has 1 fully saturated rings. The molecule has 2 aliphatic heterocycles. The van der Waals surface area contributed by atoms with Crippen LogP contribution < -0.4 is 9.46 Å². The second-order valence-corrected chi connectivity index (χ2v) is 11.8. The van der Waals surface area contributed by atoms with E-state index in [2.05, 4.69) is 20.7 Å². The van der Waals surface area contributed by atoms with Gasteiger partial charge in [-0.2, -0.15) is 0 Å². The van der Waals surface area contributed by atoms with Crippen LogP contribution in [0.5, 0.6) is 11.6 Å². The number of nitrogens with one attached hydrogen (secondary N) is 1. The summed E-state index contributed by atoms with van der Waals surface area (Å²) in [4.78, 5) is 6.98. The molecule has 0 unspecified atom stereocenters. The fourth-order valence-electron chi connectivity index (χ4n) is 5.08. The Labute approximate surface area is 222 Å². The van der Waals surface area contributed by atoms with Gasteiger partial charge in [0.05, 0.1) is 10.5 Å². The van der Waals surface area contributed by atoms with E-state index in [1.54, 1.807) is 24.4 Å². The molecule has 1 saturated heterocycles. The van der Waals surface area contributed by atoms with Crippen LogP contribution in [-0.2, 0) is 22.0 Å². The highest BCUT2D eigenvalue weighted by molar-refractivity contribution is 7.89. The van der Waals surface area contributed by atoms with Crippen molar-refractivity contribution >= 4 is 27.2 Å². The molecule has 37 heavy (non-hydrogen) atoms. The topological polar surface area (TPSA) is 91.8 Å². The fourth-order valence-corrected chi connectivity index (χ4v) is 6.18. The third-order valence-electron chi connectivity index (χ3n) is 7.24. The summed E-state index contributed by atoms with van der Waals surface area (Å²) in [5.41, 5.74) is 2.54. The monoisotopic (exact) mass is 539 g/mol. The number of nitrogens with zero attached hydrogens (tertiary/aromatic N) is 2. The molecule has 9 heteroatoms. The number of pyridine rings is 1. The van der Waals surface area contributed by atoms with Gasteiger partial charge in [-0.1, -0.05) is 35.9 Å². The zero-order chi connectivity index (χ0) is 26.0. The lowest BCUT2D eigenvalue weighted by atomic mass is 9.84. The number of likely N-dealkylation sites (tertiary alicyclic amines) is 1. The minimum atomic E-state index is -3.66. The van der Waals surface area contributed by atoms with Crippen LogP contribution in [0.2, 0.25) is 5.02 Å². The summed E-state index contributed by atoms with van der Waals surface area (Å²) >= 11 is 6.01. The maximum absolute atomic E-state index is 12.7. The third kappa shape index (κ3) is 5.44. The maximum atomic E-state index is 12.7. The second-order valence-electron chi connectivity index (χ2n) is 9.47. The summed E-state index contributed by atoms with van der Waals surface area (Å²) in [6, 6.07) is 16.3. The second kappa shape index (κ2) is 10.6. The lowest BCUT2D eigenvalue weighted by molar-refractivity contribution is -0.0254. The van der Waals surface area contributed by atoms with E-state index in [-0.39, 0.29) is 4.90 Å². The van der Waals surface area contributed by atoms with Crippen LogP contribution in [0.3, 0.4) is 0 Å². The molecular weight excluding hydrogens is 510 g/mol. The van der Waals surface area contributed by atoms with Crippen LogP contribution in [0, 0.1) is 0 Å². The van der Waals surface area contributed by atoms with Gasteiger partial charge in [0, 0.05) is 48.4 Å². The number of piperidine rings is 1. The first kappa shape index (κ1) is 25.9. The fraction of sp³-hybridized carbons (Fsp3) is 0.321. The van der Waals surface area contributed by atoms with Gasteiger partial charge in [0.15, 0.2) is 0 Å². The SMILES string of the molecule is CNS(=O)(=O)c1cccc2c1C/C(=C/CCN1CCC(O)(c3ccc(Cl)cc3)CC1)c1cccnc1O2. The molecule has 0 aliphatic carbocycles. The number of halogens is 1. The molecule has 0 radical (unpaired) electrons. The van der Waals surface area contributed by atoms with Crippen molar-refractivity contribution in [2.24, 2.45) is 0 Å². The highest BCUT2D eigenvalue weighted by Gasteiger charge is 2.33. The average Bonchev–Trinajstić information content (AvgIpc) is 3.06. The Bertz CT molecular complexity index is 1420. The van der Waals surface area contributed by atoms with Crippen molar-refractivity contribution in [3.05, 3.63) is 88.6 Å². The van der Waals surface area contributed by atoms with E-state index in [1.807, 2.05) is 36.4 Å². The van der Waals surface area contributed by atoms with Crippen LogP contribution >= 0.6 is 11.6 Å². The van der Waals surface area contributed by atoms with Gasteiger partial charge in [0.1, 0.15) is 5.75 Å². The van der Waals surface area contributed by atoms with Crippen LogP contribution in [-0.4, -0.2) is 50.1 Å².